The van der Waals surface area contributed by atoms with Crippen LogP contribution in [0.15, 0.2) is 6.33 Å². The third-order valence-corrected chi connectivity index (χ3v) is 4.10. The molecule has 0 saturated heterocycles. The molecule has 0 bridgehead atoms. The van der Waals surface area contributed by atoms with Gasteiger partial charge in [0.25, 0.3) is 0 Å². The molecular weight excluding hydrogens is 274 g/mol. The molecule has 116 valence electrons. The fourth-order valence-corrected chi connectivity index (χ4v) is 2.55. The van der Waals surface area contributed by atoms with Gasteiger partial charge in [-0.05, 0) is 31.6 Å². The maximum absolute atomic E-state index is 12.0. The Morgan fingerprint density at radius 1 is 1.48 bits per heavy atom. The van der Waals surface area contributed by atoms with Crippen LogP contribution in [-0.4, -0.2) is 37.4 Å². The molecule has 21 heavy (non-hydrogen) atoms. The molecule has 0 radical (unpaired) electrons. The number of hydrogen-bond donors (Lipinski definition) is 3. The van der Waals surface area contributed by atoms with E-state index < -0.39 is 17.5 Å². The predicted octanol–water partition coefficient (Wildman–Crippen LogP) is 0.648. The largest absolute Gasteiger partial charge is 0.480 e. The quantitative estimate of drug-likeness (QED) is 0.755. The molecule has 0 unspecified atom stereocenters. The van der Waals surface area contributed by atoms with Gasteiger partial charge in [-0.1, -0.05) is 6.92 Å². The number of carbonyl (C=O) groups excluding carboxylic acids is 1. The molecule has 0 spiro atoms. The summed E-state index contributed by atoms with van der Waals surface area (Å²) in [6.07, 6.45) is 3.92. The zero-order valence-electron chi connectivity index (χ0n) is 12.3. The Labute approximate surface area is 122 Å². The smallest absolute Gasteiger partial charge is 0.329 e. The number of aliphatic carboxylic acids is 1. The van der Waals surface area contributed by atoms with E-state index >= 15 is 0 Å². The van der Waals surface area contributed by atoms with E-state index in [4.69, 9.17) is 0 Å². The van der Waals surface area contributed by atoms with Gasteiger partial charge in [-0.15, -0.1) is 0 Å². The molecule has 1 saturated carbocycles. The van der Waals surface area contributed by atoms with Gasteiger partial charge in [-0.2, -0.15) is 5.10 Å². The van der Waals surface area contributed by atoms with E-state index in [9.17, 15) is 14.7 Å². The fourth-order valence-electron chi connectivity index (χ4n) is 2.55. The van der Waals surface area contributed by atoms with Crippen molar-refractivity contribution in [3.8, 4) is 0 Å². The van der Waals surface area contributed by atoms with Gasteiger partial charge in [0, 0.05) is 7.05 Å². The molecule has 1 heterocycles. The van der Waals surface area contributed by atoms with Gasteiger partial charge in [0.05, 0.1) is 6.54 Å². The average molecular weight is 295 g/mol. The number of carboxylic acids is 1. The summed E-state index contributed by atoms with van der Waals surface area (Å²) in [4.78, 5) is 27.5. The van der Waals surface area contributed by atoms with Crippen LogP contribution in [0, 0.1) is 5.92 Å². The van der Waals surface area contributed by atoms with Gasteiger partial charge in [0.15, 0.2) is 0 Å². The minimum Gasteiger partial charge on any atom is -0.480 e. The third-order valence-electron chi connectivity index (χ3n) is 4.10. The molecule has 1 fully saturated rings. The van der Waals surface area contributed by atoms with E-state index in [-0.39, 0.29) is 6.54 Å². The highest BCUT2D eigenvalue weighted by Gasteiger charge is 2.42. The predicted molar refractivity (Wildman–Crippen MR) is 74.4 cm³/mol. The van der Waals surface area contributed by atoms with Crippen molar-refractivity contribution in [1.82, 2.24) is 25.4 Å². The number of carbonyl (C=O) groups is 2. The fraction of sp³-hybridized carbons (Fsp3) is 0.692. The number of aromatic nitrogens is 3. The van der Waals surface area contributed by atoms with Crippen molar-refractivity contribution < 1.29 is 14.7 Å². The summed E-state index contributed by atoms with van der Waals surface area (Å²) in [6.45, 7) is 2.30. The van der Waals surface area contributed by atoms with Crippen molar-refractivity contribution in [2.24, 2.45) is 13.0 Å². The van der Waals surface area contributed by atoms with Crippen LogP contribution >= 0.6 is 0 Å². The van der Waals surface area contributed by atoms with E-state index in [2.05, 4.69) is 27.6 Å². The van der Waals surface area contributed by atoms with Crippen molar-refractivity contribution in [3.05, 3.63) is 12.2 Å². The maximum Gasteiger partial charge on any atom is 0.329 e. The summed E-state index contributed by atoms with van der Waals surface area (Å²) in [6, 6.07) is -0.491. The van der Waals surface area contributed by atoms with E-state index in [1.54, 1.807) is 11.7 Å². The standard InChI is InChI=1S/C13H21N5O3/c1-9-3-5-13(6-4-9,11(19)20)17-12(21)14-7-10-15-8-16-18(10)2/h8-9H,3-7H2,1-2H3,(H,19,20)(H2,14,17,21). The third kappa shape index (κ3) is 3.50. The number of amides is 2. The van der Waals surface area contributed by atoms with Crippen molar-refractivity contribution >= 4 is 12.0 Å². The molecule has 0 aliphatic heterocycles. The molecule has 1 aromatic rings. The normalized spacial score (nSPS) is 25.3. The first-order chi connectivity index (χ1) is 9.93. The molecule has 3 N–H and O–H groups in total. The highest BCUT2D eigenvalue weighted by Crippen LogP contribution is 2.32. The SMILES string of the molecule is CC1CCC(NC(=O)NCc2ncnn2C)(C(=O)O)CC1. The molecule has 8 heteroatoms. The first-order valence-corrected chi connectivity index (χ1v) is 7.05. The number of rotatable bonds is 4. The summed E-state index contributed by atoms with van der Waals surface area (Å²) in [5.41, 5.74) is -1.16. The van der Waals surface area contributed by atoms with Gasteiger partial charge in [-0.3, -0.25) is 4.68 Å². The Kier molecular flexibility index (Phi) is 4.44. The van der Waals surface area contributed by atoms with E-state index in [1.165, 1.54) is 6.33 Å². The van der Waals surface area contributed by atoms with Crippen molar-refractivity contribution in [2.45, 2.75) is 44.7 Å². The molecular formula is C13H21N5O3. The lowest BCUT2D eigenvalue weighted by molar-refractivity contribution is -0.146. The van der Waals surface area contributed by atoms with Crippen LogP contribution in [0.5, 0.6) is 0 Å². The summed E-state index contributed by atoms with van der Waals surface area (Å²) in [5, 5.41) is 18.6. The number of aryl methyl sites for hydroxylation is 1. The lowest BCUT2D eigenvalue weighted by atomic mass is 9.77. The second-order valence-electron chi connectivity index (χ2n) is 5.68. The molecule has 0 atom stereocenters. The van der Waals surface area contributed by atoms with Crippen molar-refractivity contribution in [3.63, 3.8) is 0 Å². The van der Waals surface area contributed by atoms with Gasteiger partial charge in [0.2, 0.25) is 0 Å². The first-order valence-electron chi connectivity index (χ1n) is 7.05. The van der Waals surface area contributed by atoms with Crippen LogP contribution in [-0.2, 0) is 18.4 Å². The molecule has 1 aliphatic carbocycles. The van der Waals surface area contributed by atoms with Crippen LogP contribution in [0.2, 0.25) is 0 Å². The van der Waals surface area contributed by atoms with Crippen LogP contribution in [0.4, 0.5) is 4.79 Å². The highest BCUT2D eigenvalue weighted by atomic mass is 16.4. The topological polar surface area (TPSA) is 109 Å². The summed E-state index contributed by atoms with van der Waals surface area (Å²) < 4.78 is 1.55. The Bertz CT molecular complexity index is 520. The number of hydrogen-bond acceptors (Lipinski definition) is 4. The zero-order chi connectivity index (χ0) is 15.5. The maximum atomic E-state index is 12.0. The number of nitrogens with one attached hydrogen (secondary N) is 2. The molecule has 1 aliphatic rings. The first kappa shape index (κ1) is 15.3. The van der Waals surface area contributed by atoms with Crippen LogP contribution in [0.1, 0.15) is 38.4 Å². The van der Waals surface area contributed by atoms with Crippen molar-refractivity contribution in [1.29, 1.82) is 0 Å². The van der Waals surface area contributed by atoms with Crippen LogP contribution in [0.3, 0.4) is 0 Å². The van der Waals surface area contributed by atoms with E-state index in [1.807, 2.05) is 0 Å². The van der Waals surface area contributed by atoms with Crippen LogP contribution in [0.25, 0.3) is 0 Å². The van der Waals surface area contributed by atoms with Gasteiger partial charge in [0.1, 0.15) is 17.7 Å². The molecule has 2 amide bonds. The Balaban J connectivity index is 1.93. The monoisotopic (exact) mass is 295 g/mol. The number of urea groups is 1. The molecule has 1 aromatic heterocycles. The molecule has 2 rings (SSSR count). The number of carboxylic acid groups (broad SMARTS) is 1. The van der Waals surface area contributed by atoms with E-state index in [0.717, 1.165) is 12.8 Å². The summed E-state index contributed by atoms with van der Waals surface area (Å²) >= 11 is 0. The van der Waals surface area contributed by atoms with Gasteiger partial charge < -0.3 is 15.7 Å². The molecule has 0 aromatic carbocycles. The van der Waals surface area contributed by atoms with Gasteiger partial charge >= 0.3 is 12.0 Å². The summed E-state index contributed by atoms with van der Waals surface area (Å²) in [5.74, 6) is 0.135. The average Bonchev–Trinajstić information content (AvgIpc) is 2.84. The lowest BCUT2D eigenvalue weighted by Crippen LogP contribution is -2.58. The Morgan fingerprint density at radius 3 is 2.67 bits per heavy atom. The lowest BCUT2D eigenvalue weighted by Gasteiger charge is -2.36. The second-order valence-corrected chi connectivity index (χ2v) is 5.68. The number of nitrogens with zero attached hydrogens (tertiary/aromatic N) is 3. The summed E-state index contributed by atoms with van der Waals surface area (Å²) in [7, 11) is 1.73. The zero-order valence-corrected chi connectivity index (χ0v) is 12.3. The minimum atomic E-state index is -1.16. The van der Waals surface area contributed by atoms with Gasteiger partial charge in [-0.25, -0.2) is 14.6 Å². The Hall–Kier alpha value is -2.12. The second kappa shape index (κ2) is 6.11. The van der Waals surface area contributed by atoms with Crippen molar-refractivity contribution in [2.75, 3.05) is 0 Å². The minimum absolute atomic E-state index is 0.203. The molecule has 8 nitrogen and oxygen atoms in total. The van der Waals surface area contributed by atoms with Crippen LogP contribution < -0.4 is 10.6 Å². The Morgan fingerprint density at radius 2 is 2.14 bits per heavy atom. The highest BCUT2D eigenvalue weighted by molar-refractivity contribution is 5.86. The van der Waals surface area contributed by atoms with E-state index in [0.29, 0.717) is 24.6 Å².